The van der Waals surface area contributed by atoms with Crippen molar-refractivity contribution in [2.45, 2.75) is 30.2 Å². The predicted molar refractivity (Wildman–Crippen MR) is 88.1 cm³/mol. The summed E-state index contributed by atoms with van der Waals surface area (Å²) in [6, 6.07) is 4.73. The minimum Gasteiger partial charge on any atom is -0.480 e. The maximum Gasteiger partial charge on any atom is 0.326 e. The van der Waals surface area contributed by atoms with Crippen molar-refractivity contribution < 1.29 is 23.1 Å². The lowest BCUT2D eigenvalue weighted by Crippen LogP contribution is -2.48. The molecule has 1 aromatic carbocycles. The van der Waals surface area contributed by atoms with Gasteiger partial charge in [-0.1, -0.05) is 12.1 Å². The van der Waals surface area contributed by atoms with Gasteiger partial charge in [0.15, 0.2) is 0 Å². The van der Waals surface area contributed by atoms with E-state index < -0.39 is 27.9 Å². The molecule has 0 saturated carbocycles. The van der Waals surface area contributed by atoms with Crippen molar-refractivity contribution in [2.75, 3.05) is 13.1 Å². The van der Waals surface area contributed by atoms with Crippen LogP contribution in [0.5, 0.6) is 0 Å². The first-order valence-electron chi connectivity index (χ1n) is 7.61. The Bertz CT molecular complexity index is 745. The minimum atomic E-state index is -3.75. The van der Waals surface area contributed by atoms with Crippen LogP contribution in [0.1, 0.15) is 29.6 Å². The molecule has 8 heteroatoms. The van der Waals surface area contributed by atoms with Crippen LogP contribution in [0.4, 0.5) is 0 Å². The quantitative estimate of drug-likeness (QED) is 0.750. The van der Waals surface area contributed by atoms with Gasteiger partial charge in [-0.3, -0.25) is 4.79 Å². The third-order valence-corrected chi connectivity index (χ3v) is 5.28. The summed E-state index contributed by atoms with van der Waals surface area (Å²) in [5.74, 6) is -1.51. The van der Waals surface area contributed by atoms with Crippen molar-refractivity contribution in [3.8, 4) is 0 Å². The van der Waals surface area contributed by atoms with Crippen LogP contribution in [0.15, 0.2) is 41.8 Å². The van der Waals surface area contributed by atoms with Crippen LogP contribution in [0.25, 0.3) is 0 Å². The average molecular weight is 352 g/mol. The number of nitrogens with zero attached hydrogens (tertiary/aromatic N) is 1. The summed E-state index contributed by atoms with van der Waals surface area (Å²) >= 11 is 0. The Morgan fingerprint density at radius 1 is 1.38 bits per heavy atom. The van der Waals surface area contributed by atoms with Gasteiger partial charge in [0.2, 0.25) is 10.0 Å². The van der Waals surface area contributed by atoms with Crippen molar-refractivity contribution in [2.24, 2.45) is 0 Å². The highest BCUT2D eigenvalue weighted by Crippen LogP contribution is 2.21. The molecule has 2 rings (SSSR count). The topological polar surface area (TPSA) is 104 Å². The van der Waals surface area contributed by atoms with E-state index in [4.69, 9.17) is 0 Å². The highest BCUT2D eigenvalue weighted by molar-refractivity contribution is 7.89. The number of amides is 1. The van der Waals surface area contributed by atoms with E-state index in [1.165, 1.54) is 35.2 Å². The number of benzene rings is 1. The van der Waals surface area contributed by atoms with E-state index in [9.17, 15) is 23.1 Å². The Labute approximate surface area is 141 Å². The van der Waals surface area contributed by atoms with Crippen LogP contribution < -0.4 is 4.72 Å². The predicted octanol–water partition coefficient (Wildman–Crippen LogP) is 1.23. The monoisotopic (exact) mass is 352 g/mol. The van der Waals surface area contributed by atoms with Crippen LogP contribution in [0.3, 0.4) is 0 Å². The standard InChI is InChI=1S/C16H20N2O5S/c1-2-9-17-24(22,23)13-7-5-6-12(11-13)15(19)18-10-4-3-8-14(18)16(20)21/h2,5-7,11,14,17H,1,3-4,8-10H2,(H,20,21)/t14-/m1/s1. The van der Waals surface area contributed by atoms with Crippen molar-refractivity contribution >= 4 is 21.9 Å². The number of carbonyl (C=O) groups excluding carboxylic acids is 1. The Balaban J connectivity index is 2.28. The third kappa shape index (κ3) is 4.01. The molecule has 1 aliphatic rings. The number of sulfonamides is 1. The second kappa shape index (κ2) is 7.59. The summed E-state index contributed by atoms with van der Waals surface area (Å²) in [4.78, 5) is 25.2. The normalized spacial score (nSPS) is 18.2. The van der Waals surface area contributed by atoms with Crippen molar-refractivity contribution in [1.29, 1.82) is 0 Å². The van der Waals surface area contributed by atoms with E-state index in [0.717, 1.165) is 12.8 Å². The molecule has 0 unspecified atom stereocenters. The van der Waals surface area contributed by atoms with E-state index in [2.05, 4.69) is 11.3 Å². The molecule has 0 aromatic heterocycles. The first-order chi connectivity index (χ1) is 11.4. The first kappa shape index (κ1) is 18.2. The maximum absolute atomic E-state index is 12.6. The number of piperidine rings is 1. The number of carbonyl (C=O) groups is 2. The van der Waals surface area contributed by atoms with Crippen molar-refractivity contribution in [3.05, 3.63) is 42.5 Å². The van der Waals surface area contributed by atoms with Crippen LogP contribution in [0, 0.1) is 0 Å². The molecule has 1 aliphatic heterocycles. The number of nitrogens with one attached hydrogen (secondary N) is 1. The number of carboxylic acids is 1. The van der Waals surface area contributed by atoms with Gasteiger partial charge in [-0.2, -0.15) is 0 Å². The van der Waals surface area contributed by atoms with Gasteiger partial charge >= 0.3 is 5.97 Å². The molecule has 1 amide bonds. The SMILES string of the molecule is C=CCNS(=O)(=O)c1cccc(C(=O)N2CCCC[C@@H]2C(=O)O)c1. The zero-order valence-corrected chi connectivity index (χ0v) is 14.0. The molecule has 24 heavy (non-hydrogen) atoms. The molecular formula is C16H20N2O5S. The fourth-order valence-electron chi connectivity index (χ4n) is 2.65. The lowest BCUT2D eigenvalue weighted by atomic mass is 10.0. The van der Waals surface area contributed by atoms with Crippen molar-refractivity contribution in [1.82, 2.24) is 9.62 Å². The number of hydrogen-bond acceptors (Lipinski definition) is 4. The first-order valence-corrected chi connectivity index (χ1v) is 9.09. The van der Waals surface area contributed by atoms with Gasteiger partial charge in [-0.25, -0.2) is 17.9 Å². The lowest BCUT2D eigenvalue weighted by Gasteiger charge is -2.33. The van der Waals surface area contributed by atoms with Gasteiger partial charge in [0.25, 0.3) is 5.91 Å². The van der Waals surface area contributed by atoms with E-state index >= 15 is 0 Å². The summed E-state index contributed by atoms with van der Waals surface area (Å²) in [6.45, 7) is 3.87. The van der Waals surface area contributed by atoms with E-state index in [1.54, 1.807) is 0 Å². The lowest BCUT2D eigenvalue weighted by molar-refractivity contribution is -0.143. The second-order valence-electron chi connectivity index (χ2n) is 5.52. The summed E-state index contributed by atoms with van der Waals surface area (Å²) in [5, 5.41) is 9.28. The fraction of sp³-hybridized carbons (Fsp3) is 0.375. The molecule has 1 fully saturated rings. The molecule has 0 aliphatic carbocycles. The Morgan fingerprint density at radius 3 is 2.79 bits per heavy atom. The summed E-state index contributed by atoms with van der Waals surface area (Å²) in [6.07, 6.45) is 3.30. The van der Waals surface area contributed by atoms with Gasteiger partial charge in [0.05, 0.1) is 4.90 Å². The third-order valence-electron chi connectivity index (χ3n) is 3.86. The molecule has 0 radical (unpaired) electrons. The summed E-state index contributed by atoms with van der Waals surface area (Å²) in [7, 11) is -3.75. The van der Waals surface area contributed by atoms with E-state index in [-0.39, 0.29) is 17.0 Å². The van der Waals surface area contributed by atoms with Crippen LogP contribution >= 0.6 is 0 Å². The summed E-state index contributed by atoms with van der Waals surface area (Å²) < 4.78 is 26.6. The molecule has 1 heterocycles. The molecule has 1 atom stereocenters. The zero-order chi connectivity index (χ0) is 17.7. The average Bonchev–Trinajstić information content (AvgIpc) is 2.59. The van der Waals surface area contributed by atoms with Crippen molar-refractivity contribution in [3.63, 3.8) is 0 Å². The Kier molecular flexibility index (Phi) is 5.74. The number of aliphatic carboxylic acids is 1. The molecule has 0 spiro atoms. The van der Waals surface area contributed by atoms with Crippen LogP contribution in [-0.2, 0) is 14.8 Å². The fourth-order valence-corrected chi connectivity index (χ4v) is 3.69. The molecule has 2 N–H and O–H groups in total. The maximum atomic E-state index is 12.6. The molecule has 1 saturated heterocycles. The van der Waals surface area contributed by atoms with Gasteiger partial charge in [0, 0.05) is 18.7 Å². The van der Waals surface area contributed by atoms with Gasteiger partial charge in [-0.05, 0) is 37.5 Å². The highest BCUT2D eigenvalue weighted by Gasteiger charge is 2.32. The highest BCUT2D eigenvalue weighted by atomic mass is 32.2. The Morgan fingerprint density at radius 2 is 2.12 bits per heavy atom. The number of hydrogen-bond donors (Lipinski definition) is 2. The minimum absolute atomic E-state index is 0.0425. The molecule has 130 valence electrons. The van der Waals surface area contributed by atoms with Gasteiger partial charge < -0.3 is 10.0 Å². The van der Waals surface area contributed by atoms with Crippen LogP contribution in [0.2, 0.25) is 0 Å². The number of rotatable bonds is 6. The number of likely N-dealkylation sites (tertiary alicyclic amines) is 1. The largest absolute Gasteiger partial charge is 0.480 e. The summed E-state index contributed by atoms with van der Waals surface area (Å²) in [5.41, 5.74) is 0.157. The Hall–Kier alpha value is -2.19. The second-order valence-corrected chi connectivity index (χ2v) is 7.28. The zero-order valence-electron chi connectivity index (χ0n) is 13.1. The van der Waals surface area contributed by atoms with Crippen LogP contribution in [-0.4, -0.2) is 49.4 Å². The molecule has 0 bridgehead atoms. The van der Waals surface area contributed by atoms with Gasteiger partial charge in [0.1, 0.15) is 6.04 Å². The smallest absolute Gasteiger partial charge is 0.326 e. The van der Waals surface area contributed by atoms with E-state index in [1.807, 2.05) is 0 Å². The molecule has 1 aromatic rings. The number of carboxylic acid groups (broad SMARTS) is 1. The molecular weight excluding hydrogens is 332 g/mol. The molecule has 7 nitrogen and oxygen atoms in total. The van der Waals surface area contributed by atoms with Gasteiger partial charge in [-0.15, -0.1) is 6.58 Å². The van der Waals surface area contributed by atoms with E-state index in [0.29, 0.717) is 13.0 Å².